The highest BCUT2D eigenvalue weighted by Crippen LogP contribution is 2.28. The molecule has 0 aliphatic carbocycles. The molecule has 0 spiro atoms. The SMILES string of the molecule is O=S(=O)(Cl)c1cc(-c2ccn[nH]2)cs1. The van der Waals surface area contributed by atoms with Crippen LogP contribution in [0.5, 0.6) is 0 Å². The van der Waals surface area contributed by atoms with Crippen molar-refractivity contribution in [2.45, 2.75) is 4.21 Å². The molecule has 0 radical (unpaired) electrons. The smallest absolute Gasteiger partial charge is 0.270 e. The Balaban J connectivity index is 2.46. The first kappa shape index (κ1) is 9.70. The zero-order valence-electron chi connectivity index (χ0n) is 6.77. The van der Waals surface area contributed by atoms with Gasteiger partial charge in [0.25, 0.3) is 9.05 Å². The molecular formula is C7H5ClN2O2S2. The van der Waals surface area contributed by atoms with Crippen molar-refractivity contribution in [1.29, 1.82) is 0 Å². The van der Waals surface area contributed by atoms with Crippen molar-refractivity contribution in [2.75, 3.05) is 0 Å². The lowest BCUT2D eigenvalue weighted by atomic mass is 10.2. The molecular weight excluding hydrogens is 244 g/mol. The number of rotatable bonds is 2. The second-order valence-corrected chi connectivity index (χ2v) is 6.27. The lowest BCUT2D eigenvalue weighted by Gasteiger charge is -1.88. The van der Waals surface area contributed by atoms with E-state index in [-0.39, 0.29) is 4.21 Å². The third-order valence-electron chi connectivity index (χ3n) is 1.63. The van der Waals surface area contributed by atoms with Crippen molar-refractivity contribution < 1.29 is 8.42 Å². The Hall–Kier alpha value is -0.850. The first-order valence-electron chi connectivity index (χ1n) is 3.60. The van der Waals surface area contributed by atoms with E-state index in [0.717, 1.165) is 22.6 Å². The van der Waals surface area contributed by atoms with Gasteiger partial charge in [0.1, 0.15) is 4.21 Å². The zero-order valence-corrected chi connectivity index (χ0v) is 9.16. The van der Waals surface area contributed by atoms with Crippen molar-refractivity contribution in [3.05, 3.63) is 23.7 Å². The van der Waals surface area contributed by atoms with Gasteiger partial charge in [-0.05, 0) is 12.1 Å². The van der Waals surface area contributed by atoms with E-state index >= 15 is 0 Å². The van der Waals surface area contributed by atoms with Gasteiger partial charge in [-0.1, -0.05) is 0 Å². The van der Waals surface area contributed by atoms with Gasteiger partial charge in [0.15, 0.2) is 0 Å². The number of halogens is 1. The van der Waals surface area contributed by atoms with Crippen molar-refractivity contribution >= 4 is 31.1 Å². The van der Waals surface area contributed by atoms with Gasteiger partial charge >= 0.3 is 0 Å². The van der Waals surface area contributed by atoms with Crippen molar-refractivity contribution in [1.82, 2.24) is 10.2 Å². The van der Waals surface area contributed by atoms with E-state index in [2.05, 4.69) is 10.2 Å². The number of aromatic nitrogens is 2. The Morgan fingerprint density at radius 2 is 2.29 bits per heavy atom. The van der Waals surface area contributed by atoms with Gasteiger partial charge in [-0.25, -0.2) is 8.42 Å². The molecule has 1 N–H and O–H groups in total. The minimum atomic E-state index is -3.62. The van der Waals surface area contributed by atoms with E-state index in [0.29, 0.717) is 0 Å². The molecule has 0 aliphatic rings. The third kappa shape index (κ3) is 1.82. The van der Waals surface area contributed by atoms with Crippen LogP contribution in [0.3, 0.4) is 0 Å². The van der Waals surface area contributed by atoms with Gasteiger partial charge in [-0.2, -0.15) is 5.10 Å². The summed E-state index contributed by atoms with van der Waals surface area (Å²) in [5.41, 5.74) is 1.54. The van der Waals surface area contributed by atoms with Gasteiger partial charge in [-0.15, -0.1) is 11.3 Å². The van der Waals surface area contributed by atoms with Crippen LogP contribution in [0, 0.1) is 0 Å². The van der Waals surface area contributed by atoms with Gasteiger partial charge in [0, 0.05) is 27.8 Å². The lowest BCUT2D eigenvalue weighted by Crippen LogP contribution is -1.83. The van der Waals surface area contributed by atoms with Gasteiger partial charge in [0.05, 0.1) is 5.69 Å². The van der Waals surface area contributed by atoms with Crippen LogP contribution in [0.1, 0.15) is 0 Å². The lowest BCUT2D eigenvalue weighted by molar-refractivity contribution is 0.611. The number of hydrogen-bond acceptors (Lipinski definition) is 4. The highest BCUT2D eigenvalue weighted by atomic mass is 35.7. The first-order valence-corrected chi connectivity index (χ1v) is 6.79. The number of H-pyrrole nitrogens is 1. The summed E-state index contributed by atoms with van der Waals surface area (Å²) in [7, 11) is 1.57. The predicted octanol–water partition coefficient (Wildman–Crippen LogP) is 2.07. The van der Waals surface area contributed by atoms with Crippen LogP contribution in [0.25, 0.3) is 11.3 Å². The summed E-state index contributed by atoms with van der Waals surface area (Å²) in [4.78, 5) is 0. The van der Waals surface area contributed by atoms with Crippen LogP contribution in [-0.4, -0.2) is 18.6 Å². The molecule has 7 heteroatoms. The molecule has 14 heavy (non-hydrogen) atoms. The number of nitrogens with one attached hydrogen (secondary N) is 1. The summed E-state index contributed by atoms with van der Waals surface area (Å²) in [5, 5.41) is 8.22. The molecule has 0 aromatic carbocycles. The Kier molecular flexibility index (Phi) is 2.34. The molecule has 0 aliphatic heterocycles. The minimum absolute atomic E-state index is 0.142. The minimum Gasteiger partial charge on any atom is -0.278 e. The van der Waals surface area contributed by atoms with E-state index in [4.69, 9.17) is 10.7 Å². The maximum Gasteiger partial charge on any atom is 0.270 e. The Labute approximate surface area is 89.0 Å². The van der Waals surface area contributed by atoms with Gasteiger partial charge < -0.3 is 0 Å². The summed E-state index contributed by atoms with van der Waals surface area (Å²) in [6.07, 6.45) is 1.60. The molecule has 2 rings (SSSR count). The third-order valence-corrected chi connectivity index (χ3v) is 4.67. The second kappa shape index (κ2) is 3.38. The largest absolute Gasteiger partial charge is 0.278 e. The Morgan fingerprint density at radius 1 is 1.50 bits per heavy atom. The van der Waals surface area contributed by atoms with Gasteiger partial charge in [-0.3, -0.25) is 5.10 Å². The van der Waals surface area contributed by atoms with E-state index in [1.165, 1.54) is 6.07 Å². The predicted molar refractivity (Wildman–Crippen MR) is 54.9 cm³/mol. The monoisotopic (exact) mass is 248 g/mol. The van der Waals surface area contributed by atoms with Crippen molar-refractivity contribution in [3.63, 3.8) is 0 Å². The van der Waals surface area contributed by atoms with E-state index in [9.17, 15) is 8.42 Å². The van der Waals surface area contributed by atoms with Crippen LogP contribution >= 0.6 is 22.0 Å². The van der Waals surface area contributed by atoms with Gasteiger partial charge in [0.2, 0.25) is 0 Å². The average Bonchev–Trinajstić information content (AvgIpc) is 2.73. The molecule has 0 saturated heterocycles. The number of hydrogen-bond donors (Lipinski definition) is 1. The molecule has 74 valence electrons. The van der Waals surface area contributed by atoms with Crippen LogP contribution in [0.2, 0.25) is 0 Å². The number of thiophene rings is 1. The number of aromatic amines is 1. The normalized spacial score (nSPS) is 11.8. The standard InChI is InChI=1S/C7H5ClN2O2S2/c8-14(11,12)7-3-5(4-13-7)6-1-2-9-10-6/h1-4H,(H,9,10). The molecule has 2 aromatic heterocycles. The molecule has 0 amide bonds. The highest BCUT2D eigenvalue weighted by Gasteiger charge is 2.13. The maximum absolute atomic E-state index is 11.0. The molecule has 0 saturated carbocycles. The molecule has 2 aromatic rings. The van der Waals surface area contributed by atoms with Crippen LogP contribution in [0.4, 0.5) is 0 Å². The summed E-state index contributed by atoms with van der Waals surface area (Å²) >= 11 is 1.09. The summed E-state index contributed by atoms with van der Waals surface area (Å²) in [6.45, 7) is 0. The average molecular weight is 249 g/mol. The van der Waals surface area contributed by atoms with Crippen LogP contribution < -0.4 is 0 Å². The second-order valence-electron chi connectivity index (χ2n) is 2.56. The molecule has 0 atom stereocenters. The molecule has 0 unspecified atom stereocenters. The highest BCUT2D eigenvalue weighted by molar-refractivity contribution is 8.15. The van der Waals surface area contributed by atoms with E-state index < -0.39 is 9.05 Å². The molecule has 0 bridgehead atoms. The summed E-state index contributed by atoms with van der Waals surface area (Å²) in [5.74, 6) is 0. The maximum atomic E-state index is 11.0. The molecule has 2 heterocycles. The molecule has 4 nitrogen and oxygen atoms in total. The Bertz CT molecular complexity index is 530. The summed E-state index contributed by atoms with van der Waals surface area (Å²) < 4.78 is 22.1. The van der Waals surface area contributed by atoms with E-state index in [1.807, 2.05) is 0 Å². The first-order chi connectivity index (χ1) is 6.57. The fraction of sp³-hybridized carbons (Fsp3) is 0. The summed E-state index contributed by atoms with van der Waals surface area (Å²) in [6, 6.07) is 3.27. The van der Waals surface area contributed by atoms with Crippen LogP contribution in [-0.2, 0) is 9.05 Å². The fourth-order valence-electron chi connectivity index (χ4n) is 1.00. The zero-order chi connectivity index (χ0) is 10.2. The van der Waals surface area contributed by atoms with E-state index in [1.54, 1.807) is 17.6 Å². The quantitative estimate of drug-likeness (QED) is 0.828. The topological polar surface area (TPSA) is 62.8 Å². The van der Waals surface area contributed by atoms with Crippen LogP contribution in [0.15, 0.2) is 27.9 Å². The molecule has 0 fully saturated rings. The number of nitrogens with zero attached hydrogens (tertiary/aromatic N) is 1. The van der Waals surface area contributed by atoms with Crippen molar-refractivity contribution in [2.24, 2.45) is 0 Å². The Morgan fingerprint density at radius 3 is 2.79 bits per heavy atom. The van der Waals surface area contributed by atoms with Crippen molar-refractivity contribution in [3.8, 4) is 11.3 Å². The fourth-order valence-corrected chi connectivity index (χ4v) is 2.97.